The van der Waals surface area contributed by atoms with Crippen LogP contribution in [-0.4, -0.2) is 66.2 Å². The lowest BCUT2D eigenvalue weighted by Gasteiger charge is -2.36. The number of nitrogens with zero attached hydrogens (tertiary/aromatic N) is 3. The molecular formula is C25H29N3O5. The number of rotatable bonds is 8. The minimum atomic E-state index is -1.73. The van der Waals surface area contributed by atoms with E-state index in [9.17, 15) is 19.5 Å². The maximum atomic E-state index is 14.1. The Bertz CT molecular complexity index is 1150. The molecule has 0 bridgehead atoms. The van der Waals surface area contributed by atoms with Crippen molar-refractivity contribution in [3.05, 3.63) is 64.8 Å². The van der Waals surface area contributed by atoms with Crippen molar-refractivity contribution in [2.45, 2.75) is 32.2 Å². The highest BCUT2D eigenvalue weighted by Crippen LogP contribution is 2.53. The Kier molecular flexibility index (Phi) is 5.88. The molecule has 1 aromatic heterocycles. The molecule has 1 aromatic carbocycles. The number of aliphatic hydroxyl groups is 1. The monoisotopic (exact) mass is 451 g/mol. The number of anilines is 1. The SMILES string of the molecule is CCCN1C(=O)C2(C(C(=O)c3ccc(C)o3)=C(O)C(=O)N2CCCN(C)C)c2ccccc21. The van der Waals surface area contributed by atoms with E-state index in [1.54, 1.807) is 30.0 Å². The maximum Gasteiger partial charge on any atom is 0.290 e. The van der Waals surface area contributed by atoms with Crippen LogP contribution in [0.4, 0.5) is 5.69 Å². The summed E-state index contributed by atoms with van der Waals surface area (Å²) in [6, 6.07) is 10.3. The van der Waals surface area contributed by atoms with Gasteiger partial charge in [-0.1, -0.05) is 25.1 Å². The molecule has 174 valence electrons. The number of para-hydroxylation sites is 1. The number of ketones is 1. The summed E-state index contributed by atoms with van der Waals surface area (Å²) in [6.45, 7) is 4.97. The van der Waals surface area contributed by atoms with Gasteiger partial charge in [0.1, 0.15) is 5.76 Å². The van der Waals surface area contributed by atoms with Crippen LogP contribution in [0.15, 0.2) is 52.1 Å². The number of aryl methyl sites for hydroxylation is 1. The number of amides is 2. The molecule has 4 rings (SSSR count). The molecule has 1 atom stereocenters. The van der Waals surface area contributed by atoms with Crippen LogP contribution in [0.5, 0.6) is 0 Å². The van der Waals surface area contributed by atoms with Gasteiger partial charge in [-0.2, -0.15) is 0 Å². The summed E-state index contributed by atoms with van der Waals surface area (Å²) in [5, 5.41) is 11.0. The van der Waals surface area contributed by atoms with Crippen molar-refractivity contribution >= 4 is 23.3 Å². The van der Waals surface area contributed by atoms with Gasteiger partial charge in [-0.05, 0) is 58.6 Å². The third-order valence-electron chi connectivity index (χ3n) is 6.22. The van der Waals surface area contributed by atoms with Crippen LogP contribution in [0.1, 0.15) is 41.6 Å². The Morgan fingerprint density at radius 3 is 2.48 bits per heavy atom. The van der Waals surface area contributed by atoms with Gasteiger partial charge in [0.2, 0.25) is 5.78 Å². The van der Waals surface area contributed by atoms with E-state index in [1.165, 1.54) is 11.0 Å². The molecule has 8 nitrogen and oxygen atoms in total. The van der Waals surface area contributed by atoms with Crippen LogP contribution in [0, 0.1) is 6.92 Å². The number of benzene rings is 1. The number of furan rings is 1. The Balaban J connectivity index is 1.93. The van der Waals surface area contributed by atoms with E-state index in [1.807, 2.05) is 38.1 Å². The summed E-state index contributed by atoms with van der Waals surface area (Å²) in [6.07, 6.45) is 1.26. The molecule has 2 aliphatic rings. The first-order valence-corrected chi connectivity index (χ1v) is 11.2. The lowest BCUT2D eigenvalue weighted by atomic mass is 9.81. The molecule has 1 spiro atoms. The van der Waals surface area contributed by atoms with Crippen LogP contribution in [0.3, 0.4) is 0 Å². The average molecular weight is 452 g/mol. The Morgan fingerprint density at radius 1 is 1.12 bits per heavy atom. The zero-order valence-electron chi connectivity index (χ0n) is 19.4. The quantitative estimate of drug-likeness (QED) is 0.620. The molecule has 0 aliphatic carbocycles. The zero-order chi connectivity index (χ0) is 23.9. The van der Waals surface area contributed by atoms with Gasteiger partial charge in [0.25, 0.3) is 11.8 Å². The Labute approximate surface area is 193 Å². The molecule has 0 saturated carbocycles. The van der Waals surface area contributed by atoms with E-state index in [0.717, 1.165) is 0 Å². The van der Waals surface area contributed by atoms with E-state index >= 15 is 0 Å². The van der Waals surface area contributed by atoms with Crippen LogP contribution >= 0.6 is 0 Å². The molecule has 0 fully saturated rings. The zero-order valence-corrected chi connectivity index (χ0v) is 19.4. The summed E-state index contributed by atoms with van der Waals surface area (Å²) in [7, 11) is 3.84. The normalized spacial score (nSPS) is 20.0. The minimum absolute atomic E-state index is 0.0180. The summed E-state index contributed by atoms with van der Waals surface area (Å²) in [5.74, 6) is -1.98. The Hall–Kier alpha value is -3.39. The summed E-state index contributed by atoms with van der Waals surface area (Å²) >= 11 is 0. The first-order chi connectivity index (χ1) is 15.7. The summed E-state index contributed by atoms with van der Waals surface area (Å²) < 4.78 is 5.53. The number of carbonyl (C=O) groups excluding carboxylic acids is 3. The average Bonchev–Trinajstić information content (AvgIpc) is 3.39. The van der Waals surface area contributed by atoms with E-state index < -0.39 is 28.9 Å². The topological polar surface area (TPSA) is 94.3 Å². The van der Waals surface area contributed by atoms with Crippen molar-refractivity contribution in [2.75, 3.05) is 38.6 Å². The fourth-order valence-corrected chi connectivity index (χ4v) is 4.84. The fourth-order valence-electron chi connectivity index (χ4n) is 4.84. The summed E-state index contributed by atoms with van der Waals surface area (Å²) in [4.78, 5) is 46.1. The second kappa shape index (κ2) is 8.51. The predicted octanol–water partition coefficient (Wildman–Crippen LogP) is 3.03. The molecular weight excluding hydrogens is 422 g/mol. The van der Waals surface area contributed by atoms with Crippen LogP contribution in [0.25, 0.3) is 0 Å². The third-order valence-corrected chi connectivity index (χ3v) is 6.22. The molecule has 1 N–H and O–H groups in total. The fraction of sp³-hybridized carbons (Fsp3) is 0.400. The molecule has 8 heteroatoms. The Morgan fingerprint density at radius 2 is 1.85 bits per heavy atom. The molecule has 2 amide bonds. The van der Waals surface area contributed by atoms with Gasteiger partial charge in [0.05, 0.1) is 11.3 Å². The first kappa shape index (κ1) is 22.8. The third kappa shape index (κ3) is 3.36. The lowest BCUT2D eigenvalue weighted by Crippen LogP contribution is -2.54. The standard InChI is InChI=1S/C25H29N3O5/c1-5-13-27-18-10-7-6-9-17(18)25(24(27)32)20(21(29)19-12-11-16(2)33-19)22(30)23(31)28(25)15-8-14-26(3)4/h6-7,9-12,30H,5,8,13-15H2,1-4H3. The molecule has 1 unspecified atom stereocenters. The smallest absolute Gasteiger partial charge is 0.290 e. The van der Waals surface area contributed by atoms with Gasteiger partial charge in [0.15, 0.2) is 17.1 Å². The molecule has 33 heavy (non-hydrogen) atoms. The van der Waals surface area contributed by atoms with Crippen LogP contribution < -0.4 is 4.90 Å². The number of hydrogen-bond acceptors (Lipinski definition) is 6. The van der Waals surface area contributed by atoms with Crippen molar-refractivity contribution in [2.24, 2.45) is 0 Å². The van der Waals surface area contributed by atoms with Crippen molar-refractivity contribution in [3.63, 3.8) is 0 Å². The second-order valence-electron chi connectivity index (χ2n) is 8.76. The minimum Gasteiger partial charge on any atom is -0.503 e. The number of aliphatic hydroxyl groups excluding tert-OH is 1. The van der Waals surface area contributed by atoms with Crippen LogP contribution in [0.2, 0.25) is 0 Å². The van der Waals surface area contributed by atoms with E-state index in [-0.39, 0.29) is 17.9 Å². The summed E-state index contributed by atoms with van der Waals surface area (Å²) in [5.41, 5.74) is -0.790. The van der Waals surface area contributed by atoms with Crippen LogP contribution in [-0.2, 0) is 15.1 Å². The molecule has 2 aromatic rings. The molecule has 0 saturated heterocycles. The molecule has 2 aliphatic heterocycles. The second-order valence-corrected chi connectivity index (χ2v) is 8.76. The van der Waals surface area contributed by atoms with E-state index in [2.05, 4.69) is 0 Å². The van der Waals surface area contributed by atoms with Gasteiger partial charge < -0.3 is 24.2 Å². The lowest BCUT2D eigenvalue weighted by molar-refractivity contribution is -0.139. The number of carbonyl (C=O) groups is 3. The van der Waals surface area contributed by atoms with Gasteiger partial charge in [-0.15, -0.1) is 0 Å². The van der Waals surface area contributed by atoms with Gasteiger partial charge >= 0.3 is 0 Å². The highest BCUT2D eigenvalue weighted by molar-refractivity contribution is 6.25. The first-order valence-electron chi connectivity index (χ1n) is 11.2. The van der Waals surface area contributed by atoms with Crippen molar-refractivity contribution in [1.29, 1.82) is 0 Å². The van der Waals surface area contributed by atoms with Gasteiger partial charge in [-0.25, -0.2) is 0 Å². The van der Waals surface area contributed by atoms with Gasteiger partial charge in [0, 0.05) is 18.7 Å². The predicted molar refractivity (Wildman–Crippen MR) is 123 cm³/mol. The number of Topliss-reactive ketones (excluding diaryl/α,β-unsaturated/α-hetero) is 1. The largest absolute Gasteiger partial charge is 0.503 e. The van der Waals surface area contributed by atoms with Gasteiger partial charge in [-0.3, -0.25) is 14.4 Å². The maximum absolute atomic E-state index is 14.1. The highest BCUT2D eigenvalue weighted by atomic mass is 16.3. The van der Waals surface area contributed by atoms with Crippen molar-refractivity contribution in [3.8, 4) is 0 Å². The molecule has 3 heterocycles. The van der Waals surface area contributed by atoms with Crippen molar-refractivity contribution in [1.82, 2.24) is 9.80 Å². The highest BCUT2D eigenvalue weighted by Gasteiger charge is 2.65. The van der Waals surface area contributed by atoms with E-state index in [0.29, 0.717) is 42.9 Å². The van der Waals surface area contributed by atoms with Crippen molar-refractivity contribution < 1.29 is 23.9 Å². The molecule has 0 radical (unpaired) electrons. The van der Waals surface area contributed by atoms with E-state index in [4.69, 9.17) is 4.42 Å². The number of hydrogen-bond donors (Lipinski definition) is 1. The number of fused-ring (bicyclic) bond motifs is 2.